The van der Waals surface area contributed by atoms with Crippen molar-refractivity contribution in [3.8, 4) is 11.3 Å². The molecule has 1 saturated heterocycles. The van der Waals surface area contributed by atoms with Gasteiger partial charge in [-0.3, -0.25) is 4.79 Å². The van der Waals surface area contributed by atoms with Gasteiger partial charge in [0.15, 0.2) is 0 Å². The first kappa shape index (κ1) is 21.0. The van der Waals surface area contributed by atoms with Crippen LogP contribution in [-0.2, 0) is 4.79 Å². The summed E-state index contributed by atoms with van der Waals surface area (Å²) in [6.07, 6.45) is 3.57. The predicted octanol–water partition coefficient (Wildman–Crippen LogP) is 5.58. The number of fused-ring (bicyclic) bond motifs is 1. The molecule has 6 nitrogen and oxygen atoms in total. The third kappa shape index (κ3) is 4.10. The van der Waals surface area contributed by atoms with Crippen molar-refractivity contribution in [1.82, 2.24) is 14.6 Å². The first-order chi connectivity index (χ1) is 15.5. The van der Waals surface area contributed by atoms with Gasteiger partial charge in [-0.05, 0) is 44.4 Å². The molecule has 1 N–H and O–H groups in total. The largest absolute Gasteiger partial charge is 0.347 e. The molecule has 5 rings (SSSR count). The molecule has 0 atom stereocenters. The SMILES string of the molecule is Cc1ccc(-c2cn3nc(N4CCC(C(=O)Nc5cccc(Cl)c5C)CC4)sc3n2)cc1. The number of imidazole rings is 1. The number of piperidine rings is 1. The van der Waals surface area contributed by atoms with Crippen LogP contribution in [0.25, 0.3) is 16.2 Å². The third-order valence-electron chi connectivity index (χ3n) is 6.04. The quantitative estimate of drug-likeness (QED) is 0.427. The second-order valence-electron chi connectivity index (χ2n) is 8.27. The smallest absolute Gasteiger partial charge is 0.227 e. The number of benzene rings is 2. The van der Waals surface area contributed by atoms with Crippen LogP contribution in [0.1, 0.15) is 24.0 Å². The van der Waals surface area contributed by atoms with Crippen molar-refractivity contribution in [3.05, 3.63) is 64.8 Å². The number of nitrogens with one attached hydrogen (secondary N) is 1. The van der Waals surface area contributed by atoms with Crippen molar-refractivity contribution in [2.45, 2.75) is 26.7 Å². The molecule has 0 bridgehead atoms. The van der Waals surface area contributed by atoms with E-state index in [0.29, 0.717) is 5.02 Å². The Bertz CT molecular complexity index is 1240. The van der Waals surface area contributed by atoms with Crippen LogP contribution < -0.4 is 10.2 Å². The van der Waals surface area contributed by atoms with Gasteiger partial charge in [0.2, 0.25) is 16.0 Å². The zero-order valence-electron chi connectivity index (χ0n) is 18.0. The highest BCUT2D eigenvalue weighted by molar-refractivity contribution is 7.20. The van der Waals surface area contributed by atoms with Crippen molar-refractivity contribution in [1.29, 1.82) is 0 Å². The molecule has 2 aromatic carbocycles. The Morgan fingerprint density at radius 3 is 2.59 bits per heavy atom. The summed E-state index contributed by atoms with van der Waals surface area (Å²) in [5.41, 5.74) is 4.94. The Hall–Kier alpha value is -2.90. The van der Waals surface area contributed by atoms with E-state index < -0.39 is 0 Å². The van der Waals surface area contributed by atoms with Gasteiger partial charge < -0.3 is 10.2 Å². The molecule has 1 aliphatic rings. The standard InChI is InChI=1S/C24H24ClN5OS/c1-15-6-8-17(9-7-15)21-14-30-23(27-21)32-24(28-30)29-12-10-18(11-13-29)22(31)26-20-5-3-4-19(25)16(20)2/h3-9,14,18H,10-13H2,1-2H3,(H,26,31). The Balaban J connectivity index is 1.23. The van der Waals surface area contributed by atoms with Gasteiger partial charge >= 0.3 is 0 Å². The summed E-state index contributed by atoms with van der Waals surface area (Å²) in [6.45, 7) is 5.60. The molecule has 0 aliphatic carbocycles. The van der Waals surface area contributed by atoms with E-state index in [-0.39, 0.29) is 11.8 Å². The van der Waals surface area contributed by atoms with Crippen LogP contribution in [0.2, 0.25) is 5.02 Å². The van der Waals surface area contributed by atoms with Crippen LogP contribution in [0.5, 0.6) is 0 Å². The third-order valence-corrected chi connectivity index (χ3v) is 7.43. The van der Waals surface area contributed by atoms with E-state index in [1.54, 1.807) is 11.3 Å². The Labute approximate surface area is 195 Å². The lowest BCUT2D eigenvalue weighted by atomic mass is 9.96. The molecule has 1 fully saturated rings. The first-order valence-corrected chi connectivity index (χ1v) is 11.9. The number of halogens is 1. The van der Waals surface area contributed by atoms with E-state index in [9.17, 15) is 4.79 Å². The minimum atomic E-state index is -0.0122. The predicted molar refractivity (Wildman–Crippen MR) is 131 cm³/mol. The van der Waals surface area contributed by atoms with Crippen molar-refractivity contribution in [3.63, 3.8) is 0 Å². The summed E-state index contributed by atoms with van der Waals surface area (Å²) >= 11 is 7.76. The second-order valence-corrected chi connectivity index (χ2v) is 9.61. The molecule has 8 heteroatoms. The number of anilines is 2. The van der Waals surface area contributed by atoms with Crippen LogP contribution in [0, 0.1) is 19.8 Å². The summed E-state index contributed by atoms with van der Waals surface area (Å²) in [5, 5.41) is 9.41. The van der Waals surface area contributed by atoms with Crippen LogP contribution >= 0.6 is 22.9 Å². The fourth-order valence-corrected chi connectivity index (χ4v) is 5.10. The van der Waals surface area contributed by atoms with Crippen molar-refractivity contribution < 1.29 is 4.79 Å². The molecule has 4 aromatic rings. The van der Waals surface area contributed by atoms with Crippen molar-refractivity contribution in [2.75, 3.05) is 23.3 Å². The van der Waals surface area contributed by atoms with E-state index in [1.165, 1.54) is 5.56 Å². The number of hydrogen-bond acceptors (Lipinski definition) is 5. The van der Waals surface area contributed by atoms with Gasteiger partial charge in [0, 0.05) is 35.3 Å². The van der Waals surface area contributed by atoms with Gasteiger partial charge in [-0.25, -0.2) is 9.50 Å². The van der Waals surface area contributed by atoms with Crippen molar-refractivity contribution in [2.24, 2.45) is 5.92 Å². The van der Waals surface area contributed by atoms with Crippen LogP contribution in [0.4, 0.5) is 10.8 Å². The lowest BCUT2D eigenvalue weighted by molar-refractivity contribution is -0.120. The average Bonchev–Trinajstić information content (AvgIpc) is 3.37. The molecular formula is C24H24ClN5OS. The van der Waals surface area contributed by atoms with E-state index in [0.717, 1.165) is 58.5 Å². The van der Waals surface area contributed by atoms with Crippen molar-refractivity contribution >= 4 is 44.6 Å². The fraction of sp³-hybridized carbons (Fsp3) is 0.292. The zero-order valence-corrected chi connectivity index (χ0v) is 19.6. The monoisotopic (exact) mass is 465 g/mol. The summed E-state index contributed by atoms with van der Waals surface area (Å²) in [4.78, 5) is 20.6. The Morgan fingerprint density at radius 1 is 1.12 bits per heavy atom. The average molecular weight is 466 g/mol. The number of amides is 1. The van der Waals surface area contributed by atoms with E-state index in [4.69, 9.17) is 21.7 Å². The minimum Gasteiger partial charge on any atom is -0.347 e. The molecule has 0 saturated carbocycles. The van der Waals surface area contributed by atoms with Gasteiger partial charge in [-0.2, -0.15) is 0 Å². The molecule has 2 aromatic heterocycles. The van der Waals surface area contributed by atoms with E-state index in [1.807, 2.05) is 35.8 Å². The maximum Gasteiger partial charge on any atom is 0.227 e. The Kier molecular flexibility index (Phi) is 5.61. The van der Waals surface area contributed by atoms with Gasteiger partial charge in [0.25, 0.3) is 0 Å². The van der Waals surface area contributed by atoms with E-state index >= 15 is 0 Å². The maximum atomic E-state index is 12.8. The second kappa shape index (κ2) is 8.56. The molecule has 1 amide bonds. The summed E-state index contributed by atoms with van der Waals surface area (Å²) in [6, 6.07) is 13.9. The fourth-order valence-electron chi connectivity index (χ4n) is 3.99. The van der Waals surface area contributed by atoms with E-state index in [2.05, 4.69) is 41.4 Å². The highest BCUT2D eigenvalue weighted by atomic mass is 35.5. The lowest BCUT2D eigenvalue weighted by Gasteiger charge is -2.30. The summed E-state index contributed by atoms with van der Waals surface area (Å²) in [7, 11) is 0. The minimum absolute atomic E-state index is 0.0122. The van der Waals surface area contributed by atoms with Crippen LogP contribution in [0.15, 0.2) is 48.7 Å². The molecule has 3 heterocycles. The number of aromatic nitrogens is 3. The van der Waals surface area contributed by atoms with Crippen LogP contribution in [0.3, 0.4) is 0 Å². The molecule has 0 radical (unpaired) electrons. The molecule has 1 aliphatic heterocycles. The zero-order chi connectivity index (χ0) is 22.2. The maximum absolute atomic E-state index is 12.8. The number of nitrogens with zero attached hydrogens (tertiary/aromatic N) is 4. The number of carbonyl (C=O) groups excluding carboxylic acids is 1. The Morgan fingerprint density at radius 2 is 1.88 bits per heavy atom. The lowest BCUT2D eigenvalue weighted by Crippen LogP contribution is -2.38. The van der Waals surface area contributed by atoms with Gasteiger partial charge in [0.1, 0.15) is 0 Å². The highest BCUT2D eigenvalue weighted by Crippen LogP contribution is 2.31. The first-order valence-electron chi connectivity index (χ1n) is 10.7. The van der Waals surface area contributed by atoms with Crippen LogP contribution in [-0.4, -0.2) is 33.6 Å². The number of carbonyl (C=O) groups is 1. The number of rotatable bonds is 4. The summed E-state index contributed by atoms with van der Waals surface area (Å²) in [5.74, 6) is 0.0496. The van der Waals surface area contributed by atoms with Gasteiger partial charge in [-0.15, -0.1) is 5.10 Å². The summed E-state index contributed by atoms with van der Waals surface area (Å²) < 4.78 is 1.86. The molecule has 164 valence electrons. The molecule has 0 unspecified atom stereocenters. The molecule has 0 spiro atoms. The number of aryl methyl sites for hydroxylation is 1. The number of hydrogen-bond donors (Lipinski definition) is 1. The normalized spacial score (nSPS) is 14.8. The highest BCUT2D eigenvalue weighted by Gasteiger charge is 2.27. The van der Waals surface area contributed by atoms with Gasteiger partial charge in [0.05, 0.1) is 11.9 Å². The molecule has 32 heavy (non-hydrogen) atoms. The molecular weight excluding hydrogens is 442 g/mol. The topological polar surface area (TPSA) is 62.5 Å². The van der Waals surface area contributed by atoms with Gasteiger partial charge in [-0.1, -0.05) is 58.8 Å².